The minimum Gasteiger partial charge on any atom is -0.394 e. The number of hydrogen-bond donors (Lipinski definition) is 12. The highest BCUT2D eigenvalue weighted by Crippen LogP contribution is 2.34. The lowest BCUT2D eigenvalue weighted by molar-refractivity contribution is -0.379. The van der Waals surface area contributed by atoms with E-state index in [0.717, 1.165) is 38.5 Å². The van der Waals surface area contributed by atoms with Crippen molar-refractivity contribution < 1.29 is 89.4 Å². The molecule has 0 aromatic carbocycles. The van der Waals surface area contributed by atoms with E-state index >= 15 is 0 Å². The number of nitrogens with one attached hydrogen (secondary N) is 1. The third-order valence-electron chi connectivity index (χ3n) is 24.3. The van der Waals surface area contributed by atoms with Gasteiger partial charge in [-0.2, -0.15) is 0 Å². The monoisotopic (exact) mass is 1610 g/mol. The fourth-order valence-corrected chi connectivity index (χ4v) is 16.6. The van der Waals surface area contributed by atoms with Crippen LogP contribution in [0.15, 0.2) is 24.3 Å². The number of carbonyl (C=O) groups excluding carboxylic acids is 1. The Hall–Kier alpha value is -1.73. The number of amides is 1. The van der Waals surface area contributed by atoms with Gasteiger partial charge in [0, 0.05) is 6.42 Å². The molecule has 0 bridgehead atoms. The van der Waals surface area contributed by atoms with Gasteiger partial charge in [0.05, 0.1) is 38.6 Å². The molecule has 0 aromatic rings. The van der Waals surface area contributed by atoms with Crippen LogP contribution in [0.25, 0.3) is 0 Å². The Morgan fingerprint density at radius 3 is 0.885 bits per heavy atom. The van der Waals surface area contributed by atoms with Gasteiger partial charge in [-0.25, -0.2) is 0 Å². The van der Waals surface area contributed by atoms with Gasteiger partial charge in [0.1, 0.15) is 73.2 Å². The average molecular weight is 1610 g/mol. The Bertz CT molecular complexity index is 2130. The van der Waals surface area contributed by atoms with Crippen LogP contribution < -0.4 is 5.32 Å². The quantitative estimate of drug-likeness (QED) is 0.0199. The summed E-state index contributed by atoms with van der Waals surface area (Å²) in [4.78, 5) is 13.5. The molecule has 0 spiro atoms. The first kappa shape index (κ1) is 105. The molecule has 3 aliphatic heterocycles. The summed E-state index contributed by atoms with van der Waals surface area (Å²) in [5, 5.41) is 121. The first-order chi connectivity index (χ1) is 55.3. The second-order valence-corrected chi connectivity index (χ2v) is 34.5. The predicted molar refractivity (Wildman–Crippen MR) is 457 cm³/mol. The van der Waals surface area contributed by atoms with E-state index in [1.165, 1.54) is 366 Å². The molecule has 0 radical (unpaired) electrons. The zero-order valence-corrected chi connectivity index (χ0v) is 72.4. The first-order valence-corrected chi connectivity index (χ1v) is 48.1. The van der Waals surface area contributed by atoms with Gasteiger partial charge < -0.3 is 89.9 Å². The van der Waals surface area contributed by atoms with Crippen LogP contribution in [0.2, 0.25) is 0 Å². The first-order valence-electron chi connectivity index (χ1n) is 48.1. The minimum absolute atomic E-state index is 0.242. The number of ether oxygens (including phenoxy) is 6. The van der Waals surface area contributed by atoms with Gasteiger partial charge in [-0.05, 0) is 32.1 Å². The third-order valence-corrected chi connectivity index (χ3v) is 24.3. The Balaban J connectivity index is 1.30. The fourth-order valence-electron chi connectivity index (χ4n) is 16.6. The molecule has 0 aliphatic carbocycles. The molecule has 668 valence electrons. The van der Waals surface area contributed by atoms with Crippen molar-refractivity contribution in [3.8, 4) is 0 Å². The maximum absolute atomic E-state index is 13.5. The van der Waals surface area contributed by atoms with Crippen LogP contribution in [0, 0.1) is 0 Å². The van der Waals surface area contributed by atoms with Gasteiger partial charge in [0.25, 0.3) is 0 Å². The van der Waals surface area contributed by atoms with E-state index in [4.69, 9.17) is 28.4 Å². The molecule has 17 atom stereocenters. The highest BCUT2D eigenvalue weighted by Gasteiger charge is 2.54. The van der Waals surface area contributed by atoms with Gasteiger partial charge in [0.15, 0.2) is 18.9 Å². The summed E-state index contributed by atoms with van der Waals surface area (Å²) in [6, 6.07) is -0.990. The van der Waals surface area contributed by atoms with E-state index in [1.807, 2.05) is 6.08 Å². The standard InChI is InChI=1S/C94H179NO18/c1-3-5-7-9-11-13-15-17-19-21-23-25-27-29-31-33-34-35-36-37-38-39-40-41-42-44-46-48-50-52-54-56-58-60-62-64-66-68-70-72-82(100)95-77(78(99)71-69-67-65-63-61-59-57-55-53-51-49-47-45-43-32-30-28-26-24-22-20-18-16-14-12-10-8-6-4-2)76-108-92-88(106)85(103)90(80(74-97)110-92)113-94-89(107)86(104)91(81(75-98)111-94)112-93-87(105)84(102)83(101)79(73-96)109-93/h61,63,69,71,77-81,83-94,96-99,101-107H,3-60,62,64-68,70,72-76H2,1-2H3,(H,95,100)/b63-61+,71-69+. The van der Waals surface area contributed by atoms with Gasteiger partial charge in [-0.1, -0.05) is 423 Å². The van der Waals surface area contributed by atoms with E-state index in [-0.39, 0.29) is 18.9 Å². The van der Waals surface area contributed by atoms with Crippen molar-refractivity contribution in [2.45, 2.75) is 542 Å². The van der Waals surface area contributed by atoms with Crippen molar-refractivity contribution in [2.24, 2.45) is 0 Å². The molecule has 19 heteroatoms. The van der Waals surface area contributed by atoms with Crippen molar-refractivity contribution >= 4 is 5.91 Å². The van der Waals surface area contributed by atoms with Gasteiger partial charge >= 0.3 is 0 Å². The molecule has 0 aromatic heterocycles. The molecule has 3 fully saturated rings. The third kappa shape index (κ3) is 52.3. The smallest absolute Gasteiger partial charge is 0.220 e. The van der Waals surface area contributed by atoms with E-state index in [2.05, 4.69) is 31.3 Å². The number of hydrogen-bond acceptors (Lipinski definition) is 18. The summed E-state index contributed by atoms with van der Waals surface area (Å²) in [6.07, 6.45) is 68.0. The molecule has 3 saturated heterocycles. The van der Waals surface area contributed by atoms with Crippen LogP contribution in [-0.2, 0) is 33.2 Å². The zero-order valence-electron chi connectivity index (χ0n) is 72.4. The second kappa shape index (κ2) is 74.1. The molecule has 3 heterocycles. The second-order valence-electron chi connectivity index (χ2n) is 34.5. The lowest BCUT2D eigenvalue weighted by atomic mass is 9.96. The Kier molecular flexibility index (Phi) is 69.2. The molecular weight excluding hydrogens is 1430 g/mol. The van der Waals surface area contributed by atoms with Crippen molar-refractivity contribution in [3.63, 3.8) is 0 Å². The van der Waals surface area contributed by atoms with Gasteiger partial charge in [-0.15, -0.1) is 0 Å². The molecular formula is C94H179NO18. The van der Waals surface area contributed by atoms with Crippen molar-refractivity contribution in [1.29, 1.82) is 0 Å². The van der Waals surface area contributed by atoms with Crippen molar-refractivity contribution in [3.05, 3.63) is 24.3 Å². The van der Waals surface area contributed by atoms with Crippen LogP contribution in [0.4, 0.5) is 0 Å². The normalized spacial score (nSPS) is 24.8. The summed E-state index contributed by atoms with van der Waals surface area (Å²) in [5.74, 6) is -0.275. The van der Waals surface area contributed by atoms with Gasteiger partial charge in [0.2, 0.25) is 5.91 Å². The predicted octanol–water partition coefficient (Wildman–Crippen LogP) is 19.2. The average Bonchev–Trinajstić information content (AvgIpc) is 0.778. The molecule has 1 amide bonds. The molecule has 0 saturated carbocycles. The molecule has 3 aliphatic rings. The lowest BCUT2D eigenvalue weighted by Crippen LogP contribution is -2.66. The zero-order chi connectivity index (χ0) is 81.7. The molecule has 3 rings (SSSR count). The number of aliphatic hydroxyl groups excluding tert-OH is 11. The van der Waals surface area contributed by atoms with Crippen LogP contribution >= 0.6 is 0 Å². The highest BCUT2D eigenvalue weighted by atomic mass is 16.8. The number of rotatable bonds is 80. The Labute approximate surface area is 689 Å². The van der Waals surface area contributed by atoms with E-state index < -0.39 is 124 Å². The van der Waals surface area contributed by atoms with Crippen LogP contribution in [0.5, 0.6) is 0 Å². The Morgan fingerprint density at radius 1 is 0.310 bits per heavy atom. The summed E-state index contributed by atoms with van der Waals surface area (Å²) in [6.45, 7) is 1.80. The van der Waals surface area contributed by atoms with Crippen LogP contribution in [0.3, 0.4) is 0 Å². The lowest BCUT2D eigenvalue weighted by Gasteiger charge is -2.48. The van der Waals surface area contributed by atoms with Crippen LogP contribution in [-0.4, -0.2) is 193 Å². The molecule has 19 nitrogen and oxygen atoms in total. The van der Waals surface area contributed by atoms with Crippen molar-refractivity contribution in [1.82, 2.24) is 5.32 Å². The summed E-state index contributed by atoms with van der Waals surface area (Å²) >= 11 is 0. The maximum atomic E-state index is 13.5. The summed E-state index contributed by atoms with van der Waals surface area (Å²) in [5.41, 5.74) is 0. The van der Waals surface area contributed by atoms with Gasteiger partial charge in [-0.3, -0.25) is 4.79 Å². The topological polar surface area (TPSA) is 307 Å². The Morgan fingerprint density at radius 2 is 0.566 bits per heavy atom. The molecule has 17 unspecified atom stereocenters. The number of carbonyl (C=O) groups is 1. The maximum Gasteiger partial charge on any atom is 0.220 e. The number of allylic oxidation sites excluding steroid dienone is 3. The highest BCUT2D eigenvalue weighted by molar-refractivity contribution is 5.76. The number of unbranched alkanes of at least 4 members (excludes halogenated alkanes) is 62. The number of aliphatic hydroxyl groups is 11. The fraction of sp³-hybridized carbons (Fsp3) is 0.947. The van der Waals surface area contributed by atoms with Crippen LogP contribution in [0.1, 0.15) is 438 Å². The minimum atomic E-state index is -1.98. The molecule has 12 N–H and O–H groups in total. The van der Waals surface area contributed by atoms with Crippen molar-refractivity contribution in [2.75, 3.05) is 26.4 Å². The van der Waals surface area contributed by atoms with E-state index in [9.17, 15) is 61.0 Å². The summed E-state index contributed by atoms with van der Waals surface area (Å²) < 4.78 is 34.5. The summed E-state index contributed by atoms with van der Waals surface area (Å²) in [7, 11) is 0. The largest absolute Gasteiger partial charge is 0.394 e. The van der Waals surface area contributed by atoms with E-state index in [1.54, 1.807) is 6.08 Å². The van der Waals surface area contributed by atoms with E-state index in [0.29, 0.717) is 12.8 Å². The SMILES string of the molecule is CCCCCCCCCCCCCCCCCCCCCCCCC/C=C/CC/C=C/C(O)C(COC1OC(CO)C(OC2OC(CO)C(OC3OC(CO)C(O)C(O)C3O)C(O)C2O)C(O)C1O)NC(=O)CCCCCCCCCCCCCCCCCCCCCCCCCCCCCCCCCCCCCCCCC. The molecule has 113 heavy (non-hydrogen) atoms.